The second-order valence-electron chi connectivity index (χ2n) is 12.6. The van der Waals surface area contributed by atoms with Crippen LogP contribution in [0.5, 0.6) is 5.75 Å². The molecule has 10 heteroatoms. The molecule has 1 aliphatic heterocycles. The second-order valence-corrected chi connectivity index (χ2v) is 12.6. The number of aliphatic hydroxyl groups excluding tert-OH is 1. The van der Waals surface area contributed by atoms with Crippen molar-refractivity contribution in [3.8, 4) is 5.75 Å². The van der Waals surface area contributed by atoms with Gasteiger partial charge in [0, 0.05) is 25.2 Å². The van der Waals surface area contributed by atoms with Crippen molar-refractivity contribution in [3.63, 3.8) is 0 Å². The third kappa shape index (κ3) is 9.05. The molecule has 0 saturated carbocycles. The lowest BCUT2D eigenvalue weighted by molar-refractivity contribution is -0.153. The monoisotopic (exact) mass is 642 g/mol. The van der Waals surface area contributed by atoms with Crippen molar-refractivity contribution in [1.29, 1.82) is 0 Å². The average molecular weight is 643 g/mol. The zero-order valence-electron chi connectivity index (χ0n) is 27.5. The minimum absolute atomic E-state index is 0.000213. The van der Waals surface area contributed by atoms with E-state index in [0.717, 1.165) is 16.7 Å². The van der Waals surface area contributed by atoms with Crippen molar-refractivity contribution >= 4 is 23.5 Å². The highest BCUT2D eigenvalue weighted by Crippen LogP contribution is 2.28. The number of aryl methyl sites for hydroxylation is 2. The molecule has 1 fully saturated rings. The first-order valence-corrected chi connectivity index (χ1v) is 16.1. The third-order valence-electron chi connectivity index (χ3n) is 8.65. The Morgan fingerprint density at radius 2 is 1.57 bits per heavy atom. The SMILES string of the molecule is Cc1cccc(C)c1OCC(=O)[C@@H](C(N)c1ccccc1)[C@H](O)C[C@H](Cc1ccccc1)NC(=O)C(C(C)C)N1CCNC(=O)C1=O. The summed E-state index contributed by atoms with van der Waals surface area (Å²) in [6.45, 7) is 7.59. The summed E-state index contributed by atoms with van der Waals surface area (Å²) in [6.07, 6.45) is -0.906. The van der Waals surface area contributed by atoms with Crippen LogP contribution >= 0.6 is 0 Å². The maximum absolute atomic E-state index is 13.9. The lowest BCUT2D eigenvalue weighted by Crippen LogP contribution is -2.61. The summed E-state index contributed by atoms with van der Waals surface area (Å²) in [7, 11) is 0. The lowest BCUT2D eigenvalue weighted by Gasteiger charge is -2.37. The minimum atomic E-state index is -1.26. The number of aliphatic hydroxyl groups is 1. The molecule has 5 atom stereocenters. The Hall–Kier alpha value is -4.54. The van der Waals surface area contributed by atoms with Gasteiger partial charge < -0.3 is 31.1 Å². The van der Waals surface area contributed by atoms with E-state index < -0.39 is 47.9 Å². The number of carbonyl (C=O) groups excluding carboxylic acids is 4. The minimum Gasteiger partial charge on any atom is -0.485 e. The highest BCUT2D eigenvalue weighted by atomic mass is 16.5. The first kappa shape index (κ1) is 35.3. The standard InChI is InChI=1S/C37H46N4O6/c1-23(2)33(41-19-18-39-36(45)37(41)46)35(44)40-28(20-26-14-7-5-8-15-26)21-29(42)31(32(38)27-16-9-6-10-17-27)30(43)22-47-34-24(3)12-11-13-25(34)4/h5-17,23,28-29,31-33,42H,18-22,38H2,1-4H3,(H,39,45)(H,40,44)/t28-,29+,31-,32?,33?/m0/s1. The van der Waals surface area contributed by atoms with Crippen molar-refractivity contribution in [2.24, 2.45) is 17.6 Å². The maximum Gasteiger partial charge on any atom is 0.312 e. The molecule has 1 aliphatic rings. The number of rotatable bonds is 15. The van der Waals surface area contributed by atoms with E-state index in [-0.39, 0.29) is 37.8 Å². The molecule has 0 bridgehead atoms. The first-order valence-electron chi connectivity index (χ1n) is 16.1. The summed E-state index contributed by atoms with van der Waals surface area (Å²) in [5, 5.41) is 17.4. The number of nitrogens with two attached hydrogens (primary N) is 1. The summed E-state index contributed by atoms with van der Waals surface area (Å²) in [5.74, 6) is -3.05. The number of carbonyl (C=O) groups is 4. The number of hydrogen-bond acceptors (Lipinski definition) is 7. The Kier molecular flexibility index (Phi) is 12.3. The van der Waals surface area contributed by atoms with Gasteiger partial charge in [0.25, 0.3) is 0 Å². The highest BCUT2D eigenvalue weighted by Gasteiger charge is 2.39. The van der Waals surface area contributed by atoms with E-state index in [4.69, 9.17) is 10.5 Å². The zero-order valence-corrected chi connectivity index (χ0v) is 27.5. The van der Waals surface area contributed by atoms with Crippen molar-refractivity contribution in [1.82, 2.24) is 15.5 Å². The number of piperazine rings is 1. The van der Waals surface area contributed by atoms with Gasteiger partial charge in [0.2, 0.25) is 5.91 Å². The van der Waals surface area contributed by atoms with Gasteiger partial charge in [-0.05, 0) is 54.9 Å². The Morgan fingerprint density at radius 1 is 0.957 bits per heavy atom. The van der Waals surface area contributed by atoms with Crippen LogP contribution in [0.25, 0.3) is 0 Å². The van der Waals surface area contributed by atoms with Crippen LogP contribution in [0.3, 0.4) is 0 Å². The van der Waals surface area contributed by atoms with E-state index >= 15 is 0 Å². The normalized spacial score (nSPS) is 16.5. The smallest absolute Gasteiger partial charge is 0.312 e. The van der Waals surface area contributed by atoms with E-state index in [1.54, 1.807) is 0 Å². The highest BCUT2D eigenvalue weighted by molar-refractivity contribution is 6.36. The molecule has 47 heavy (non-hydrogen) atoms. The molecule has 0 aromatic heterocycles. The summed E-state index contributed by atoms with van der Waals surface area (Å²) < 4.78 is 6.00. The van der Waals surface area contributed by atoms with Gasteiger partial charge >= 0.3 is 11.8 Å². The molecule has 0 spiro atoms. The van der Waals surface area contributed by atoms with E-state index in [0.29, 0.717) is 17.7 Å². The molecule has 250 valence electrons. The molecule has 3 amide bonds. The topological polar surface area (TPSA) is 151 Å². The zero-order chi connectivity index (χ0) is 34.1. The van der Waals surface area contributed by atoms with Crippen molar-refractivity contribution in [2.75, 3.05) is 19.7 Å². The number of benzene rings is 3. The van der Waals surface area contributed by atoms with Crippen LogP contribution in [-0.4, -0.2) is 71.4 Å². The first-order chi connectivity index (χ1) is 22.5. The van der Waals surface area contributed by atoms with Gasteiger partial charge in [0.15, 0.2) is 5.78 Å². The summed E-state index contributed by atoms with van der Waals surface area (Å²) in [5.41, 5.74) is 10.1. The van der Waals surface area contributed by atoms with Crippen LogP contribution in [0.4, 0.5) is 0 Å². The summed E-state index contributed by atoms with van der Waals surface area (Å²) in [4.78, 5) is 54.0. The summed E-state index contributed by atoms with van der Waals surface area (Å²) in [6, 6.07) is 21.9. The molecular formula is C37H46N4O6. The number of ether oxygens (including phenoxy) is 1. The lowest BCUT2D eigenvalue weighted by atomic mass is 9.82. The van der Waals surface area contributed by atoms with Crippen molar-refractivity contribution in [2.45, 2.75) is 64.8 Å². The molecular weight excluding hydrogens is 596 g/mol. The Balaban J connectivity index is 1.61. The van der Waals surface area contributed by atoms with Gasteiger partial charge in [-0.1, -0.05) is 92.7 Å². The van der Waals surface area contributed by atoms with E-state index in [2.05, 4.69) is 10.6 Å². The molecule has 4 rings (SSSR count). The van der Waals surface area contributed by atoms with Crippen LogP contribution in [0.1, 0.15) is 48.6 Å². The fourth-order valence-corrected chi connectivity index (χ4v) is 6.29. The predicted octanol–water partition coefficient (Wildman–Crippen LogP) is 3.03. The molecule has 0 radical (unpaired) electrons. The second kappa shape index (κ2) is 16.3. The van der Waals surface area contributed by atoms with Gasteiger partial charge in [0.05, 0.1) is 12.0 Å². The molecule has 2 unspecified atom stereocenters. The van der Waals surface area contributed by atoms with Crippen molar-refractivity contribution in [3.05, 3.63) is 101 Å². The fourth-order valence-electron chi connectivity index (χ4n) is 6.29. The molecule has 3 aromatic rings. The number of nitrogens with zero attached hydrogens (tertiary/aromatic N) is 1. The van der Waals surface area contributed by atoms with Gasteiger partial charge in [0.1, 0.15) is 18.4 Å². The van der Waals surface area contributed by atoms with Crippen molar-refractivity contribution < 1.29 is 29.0 Å². The fraction of sp³-hybridized carbons (Fsp3) is 0.405. The number of amides is 3. The maximum atomic E-state index is 13.9. The Bertz CT molecular complexity index is 1510. The predicted molar refractivity (Wildman–Crippen MR) is 179 cm³/mol. The van der Waals surface area contributed by atoms with Crippen LogP contribution in [0.2, 0.25) is 0 Å². The number of hydrogen-bond donors (Lipinski definition) is 4. The van der Waals surface area contributed by atoms with Crippen LogP contribution < -0.4 is 21.1 Å². The number of ketones is 1. The van der Waals surface area contributed by atoms with Crippen LogP contribution in [-0.2, 0) is 25.6 Å². The summed E-state index contributed by atoms with van der Waals surface area (Å²) >= 11 is 0. The molecule has 3 aromatic carbocycles. The number of nitrogens with one attached hydrogen (secondary N) is 2. The van der Waals surface area contributed by atoms with Gasteiger partial charge in [-0.3, -0.25) is 19.2 Å². The van der Waals surface area contributed by atoms with Gasteiger partial charge in [-0.2, -0.15) is 0 Å². The Morgan fingerprint density at radius 3 is 2.19 bits per heavy atom. The number of Topliss-reactive ketones (excluding diaryl/α,β-unsaturated/α-hetero) is 1. The van der Waals surface area contributed by atoms with Gasteiger partial charge in [-0.15, -0.1) is 0 Å². The molecule has 5 N–H and O–H groups in total. The molecule has 1 heterocycles. The number of para-hydroxylation sites is 1. The Labute approximate surface area is 276 Å². The third-order valence-corrected chi connectivity index (χ3v) is 8.65. The van der Waals surface area contributed by atoms with Gasteiger partial charge in [-0.25, -0.2) is 0 Å². The quantitative estimate of drug-likeness (QED) is 0.186. The molecule has 0 aliphatic carbocycles. The average Bonchev–Trinajstić information content (AvgIpc) is 3.03. The van der Waals surface area contributed by atoms with Crippen LogP contribution in [0.15, 0.2) is 78.9 Å². The largest absolute Gasteiger partial charge is 0.485 e. The van der Waals surface area contributed by atoms with Crippen LogP contribution in [0, 0.1) is 25.7 Å². The van der Waals surface area contributed by atoms with E-state index in [1.807, 2.05) is 107 Å². The van der Waals surface area contributed by atoms with E-state index in [1.165, 1.54) is 4.90 Å². The van der Waals surface area contributed by atoms with E-state index in [9.17, 15) is 24.3 Å². The molecule has 1 saturated heterocycles. The molecule has 10 nitrogen and oxygen atoms in total.